The second kappa shape index (κ2) is 6.57. The molecule has 3 nitrogen and oxygen atoms in total. The van der Waals surface area contributed by atoms with Crippen molar-refractivity contribution in [2.45, 2.75) is 43.0 Å². The van der Waals surface area contributed by atoms with E-state index in [1.54, 1.807) is 18.1 Å². The van der Waals surface area contributed by atoms with Crippen LogP contribution >= 0.6 is 23.3 Å². The van der Waals surface area contributed by atoms with Gasteiger partial charge in [-0.05, 0) is 43.1 Å². The van der Waals surface area contributed by atoms with Gasteiger partial charge in [0, 0.05) is 18.3 Å². The lowest BCUT2D eigenvalue weighted by Crippen LogP contribution is -2.34. The van der Waals surface area contributed by atoms with Gasteiger partial charge in [0.05, 0.1) is 0 Å². The summed E-state index contributed by atoms with van der Waals surface area (Å²) in [5.74, 6) is 2.04. The van der Waals surface area contributed by atoms with Crippen LogP contribution in [0.4, 0.5) is 0 Å². The SMILES string of the molecule is CC1CCC(NCCSc2ncns2)CC1. The van der Waals surface area contributed by atoms with Crippen molar-refractivity contribution < 1.29 is 0 Å². The minimum absolute atomic E-state index is 0.756. The lowest BCUT2D eigenvalue weighted by molar-refractivity contribution is 0.312. The summed E-state index contributed by atoms with van der Waals surface area (Å²) >= 11 is 3.28. The highest BCUT2D eigenvalue weighted by molar-refractivity contribution is 8.00. The predicted octanol–water partition coefficient (Wildman–Crippen LogP) is 2.80. The zero-order valence-electron chi connectivity index (χ0n) is 9.69. The summed E-state index contributed by atoms with van der Waals surface area (Å²) in [6, 6.07) is 0.756. The highest BCUT2D eigenvalue weighted by Gasteiger charge is 2.17. The Balaban J connectivity index is 1.55. The molecule has 1 aliphatic rings. The third-order valence-corrected chi connectivity index (χ3v) is 4.92. The van der Waals surface area contributed by atoms with Crippen molar-refractivity contribution in [3.8, 4) is 0 Å². The van der Waals surface area contributed by atoms with Crippen LogP contribution in [-0.4, -0.2) is 27.7 Å². The van der Waals surface area contributed by atoms with Gasteiger partial charge in [-0.15, -0.1) is 0 Å². The minimum Gasteiger partial charge on any atom is -0.313 e. The van der Waals surface area contributed by atoms with Crippen molar-refractivity contribution >= 4 is 23.3 Å². The fourth-order valence-electron chi connectivity index (χ4n) is 2.09. The quantitative estimate of drug-likeness (QED) is 0.650. The zero-order valence-corrected chi connectivity index (χ0v) is 11.3. The summed E-state index contributed by atoms with van der Waals surface area (Å²) in [5, 5.41) is 3.64. The molecule has 5 heteroatoms. The van der Waals surface area contributed by atoms with E-state index >= 15 is 0 Å². The average Bonchev–Trinajstić information content (AvgIpc) is 2.80. The summed E-state index contributed by atoms with van der Waals surface area (Å²) in [4.78, 5) is 4.15. The van der Waals surface area contributed by atoms with E-state index in [4.69, 9.17) is 0 Å². The summed E-state index contributed by atoms with van der Waals surface area (Å²) in [6.45, 7) is 3.45. The van der Waals surface area contributed by atoms with Gasteiger partial charge < -0.3 is 5.32 Å². The third-order valence-electron chi connectivity index (χ3n) is 3.12. The maximum Gasteiger partial charge on any atom is 0.169 e. The van der Waals surface area contributed by atoms with E-state index in [1.807, 2.05) is 0 Å². The Morgan fingerprint density at radius 2 is 2.25 bits per heavy atom. The number of thioether (sulfide) groups is 1. The Labute approximate surface area is 106 Å². The van der Waals surface area contributed by atoms with E-state index in [9.17, 15) is 0 Å². The van der Waals surface area contributed by atoms with Crippen LogP contribution in [-0.2, 0) is 0 Å². The molecule has 0 radical (unpaired) electrons. The van der Waals surface area contributed by atoms with E-state index < -0.39 is 0 Å². The molecule has 1 heterocycles. The predicted molar refractivity (Wildman–Crippen MR) is 70.1 cm³/mol. The van der Waals surface area contributed by atoms with Crippen molar-refractivity contribution in [3.63, 3.8) is 0 Å². The lowest BCUT2D eigenvalue weighted by atomic mass is 9.87. The van der Waals surface area contributed by atoms with Crippen molar-refractivity contribution in [1.82, 2.24) is 14.7 Å². The van der Waals surface area contributed by atoms with Crippen LogP contribution in [0.1, 0.15) is 32.6 Å². The molecule has 0 unspecified atom stereocenters. The fourth-order valence-corrected chi connectivity index (χ4v) is 3.48. The first-order valence-corrected chi connectivity index (χ1v) is 7.73. The van der Waals surface area contributed by atoms with Crippen LogP contribution in [0.3, 0.4) is 0 Å². The molecule has 1 saturated carbocycles. The van der Waals surface area contributed by atoms with Crippen LogP contribution < -0.4 is 5.32 Å². The van der Waals surface area contributed by atoms with E-state index in [-0.39, 0.29) is 0 Å². The molecule has 0 saturated heterocycles. The molecular weight excluding hydrogens is 238 g/mol. The number of rotatable bonds is 5. The standard InChI is InChI=1S/C11H19N3S2/c1-9-2-4-10(5-3-9)12-6-7-15-11-13-8-14-16-11/h8-10,12H,2-7H2,1H3. The van der Waals surface area contributed by atoms with Crippen molar-refractivity contribution in [2.75, 3.05) is 12.3 Å². The van der Waals surface area contributed by atoms with Gasteiger partial charge in [-0.1, -0.05) is 18.7 Å². The first-order valence-electron chi connectivity index (χ1n) is 5.97. The topological polar surface area (TPSA) is 37.8 Å². The molecule has 0 atom stereocenters. The van der Waals surface area contributed by atoms with Crippen LogP contribution in [0, 0.1) is 5.92 Å². The second-order valence-electron chi connectivity index (χ2n) is 4.47. The van der Waals surface area contributed by atoms with Gasteiger partial charge in [-0.25, -0.2) is 4.98 Å². The third kappa shape index (κ3) is 4.03. The number of nitrogens with zero attached hydrogens (tertiary/aromatic N) is 2. The number of hydrogen-bond donors (Lipinski definition) is 1. The Kier molecular flexibility index (Phi) is 5.06. The molecule has 1 aromatic rings. The van der Waals surface area contributed by atoms with E-state index in [2.05, 4.69) is 21.6 Å². The van der Waals surface area contributed by atoms with Gasteiger partial charge >= 0.3 is 0 Å². The normalized spacial score (nSPS) is 25.8. The van der Waals surface area contributed by atoms with E-state index in [1.165, 1.54) is 37.2 Å². The monoisotopic (exact) mass is 257 g/mol. The number of nitrogens with one attached hydrogen (secondary N) is 1. The van der Waals surface area contributed by atoms with Gasteiger partial charge in [0.25, 0.3) is 0 Å². The molecule has 2 rings (SSSR count). The molecular formula is C11H19N3S2. The highest BCUT2D eigenvalue weighted by atomic mass is 32.2. The first-order chi connectivity index (χ1) is 7.84. The molecule has 1 aliphatic carbocycles. The van der Waals surface area contributed by atoms with Gasteiger partial charge in [0.2, 0.25) is 0 Å². The maximum absolute atomic E-state index is 4.15. The second-order valence-corrected chi connectivity index (χ2v) is 6.59. The molecule has 0 bridgehead atoms. The summed E-state index contributed by atoms with van der Waals surface area (Å²) in [6.07, 6.45) is 7.11. The van der Waals surface area contributed by atoms with Crippen LogP contribution in [0.2, 0.25) is 0 Å². The molecule has 90 valence electrons. The molecule has 0 aromatic carbocycles. The molecule has 0 amide bonds. The van der Waals surface area contributed by atoms with Gasteiger partial charge in [0.15, 0.2) is 4.34 Å². The smallest absolute Gasteiger partial charge is 0.169 e. The first kappa shape index (κ1) is 12.3. The Bertz CT molecular complexity index is 281. The highest BCUT2D eigenvalue weighted by Crippen LogP contribution is 2.23. The van der Waals surface area contributed by atoms with Gasteiger partial charge in [-0.3, -0.25) is 0 Å². The molecule has 0 spiro atoms. The summed E-state index contributed by atoms with van der Waals surface area (Å²) in [7, 11) is 0. The molecule has 1 N–H and O–H groups in total. The Hall–Kier alpha value is -0.130. The molecule has 0 aliphatic heterocycles. The summed E-state index contributed by atoms with van der Waals surface area (Å²) in [5.41, 5.74) is 0. The van der Waals surface area contributed by atoms with Gasteiger partial charge in [-0.2, -0.15) is 4.37 Å². The number of aromatic nitrogens is 2. The molecule has 16 heavy (non-hydrogen) atoms. The van der Waals surface area contributed by atoms with E-state index in [0.717, 1.165) is 28.6 Å². The van der Waals surface area contributed by atoms with Crippen LogP contribution in [0.5, 0.6) is 0 Å². The molecule has 1 fully saturated rings. The van der Waals surface area contributed by atoms with Crippen molar-refractivity contribution in [1.29, 1.82) is 0 Å². The average molecular weight is 257 g/mol. The van der Waals surface area contributed by atoms with Crippen molar-refractivity contribution in [3.05, 3.63) is 6.33 Å². The maximum atomic E-state index is 4.15. The molecule has 1 aromatic heterocycles. The summed E-state index contributed by atoms with van der Waals surface area (Å²) < 4.78 is 5.07. The van der Waals surface area contributed by atoms with Crippen molar-refractivity contribution in [2.24, 2.45) is 5.92 Å². The van der Waals surface area contributed by atoms with E-state index in [0.29, 0.717) is 0 Å². The Morgan fingerprint density at radius 3 is 2.94 bits per heavy atom. The lowest BCUT2D eigenvalue weighted by Gasteiger charge is -2.26. The van der Waals surface area contributed by atoms with Crippen LogP contribution in [0.15, 0.2) is 10.7 Å². The minimum atomic E-state index is 0.756. The Morgan fingerprint density at radius 1 is 1.44 bits per heavy atom. The largest absolute Gasteiger partial charge is 0.313 e. The van der Waals surface area contributed by atoms with Gasteiger partial charge in [0.1, 0.15) is 6.33 Å². The fraction of sp³-hybridized carbons (Fsp3) is 0.818. The van der Waals surface area contributed by atoms with Crippen LogP contribution in [0.25, 0.3) is 0 Å². The zero-order chi connectivity index (χ0) is 11.2. The number of hydrogen-bond acceptors (Lipinski definition) is 5.